The van der Waals surface area contributed by atoms with Crippen LogP contribution in [0.3, 0.4) is 0 Å². The monoisotopic (exact) mass is 417 g/mol. The smallest absolute Gasteiger partial charge is 0.270 e. The summed E-state index contributed by atoms with van der Waals surface area (Å²) in [6.45, 7) is 1.09. The number of aromatic nitrogens is 5. The molecule has 0 saturated carbocycles. The van der Waals surface area contributed by atoms with Gasteiger partial charge in [0.05, 0.1) is 6.04 Å². The number of nitrogens with two attached hydrogens (primary N) is 1. The number of rotatable bonds is 2. The van der Waals surface area contributed by atoms with Crippen LogP contribution in [-0.2, 0) is 0 Å². The van der Waals surface area contributed by atoms with Crippen LogP contribution in [0.2, 0.25) is 0 Å². The van der Waals surface area contributed by atoms with E-state index in [1.54, 1.807) is 21.7 Å². The predicted octanol–water partition coefficient (Wildman–Crippen LogP) is 1.34. The number of benzene rings is 1. The van der Waals surface area contributed by atoms with Crippen LogP contribution in [0, 0.1) is 0 Å². The van der Waals surface area contributed by atoms with Crippen molar-refractivity contribution < 1.29 is 4.79 Å². The number of hydrogen-bond donors (Lipinski definition) is 2. The number of likely N-dealkylation sites (tertiary alicyclic amines) is 1. The second-order valence-corrected chi connectivity index (χ2v) is 7.16. The third-order valence-electron chi connectivity index (χ3n) is 4.65. The highest BCUT2D eigenvalue weighted by atomic mass is 79.9. The quantitative estimate of drug-likeness (QED) is 0.648. The van der Waals surface area contributed by atoms with Crippen LogP contribution in [0.25, 0.3) is 10.8 Å². The van der Waals surface area contributed by atoms with E-state index in [1.807, 2.05) is 12.1 Å². The molecule has 26 heavy (non-hydrogen) atoms. The van der Waals surface area contributed by atoms with Crippen LogP contribution >= 0.6 is 15.9 Å². The van der Waals surface area contributed by atoms with Crippen molar-refractivity contribution in [3.05, 3.63) is 44.8 Å². The second kappa shape index (κ2) is 6.52. The van der Waals surface area contributed by atoms with Crippen molar-refractivity contribution in [2.24, 2.45) is 0 Å². The zero-order chi connectivity index (χ0) is 18.3. The zero-order valence-electron chi connectivity index (χ0n) is 13.7. The minimum Gasteiger partial charge on any atom is -0.367 e. The van der Waals surface area contributed by atoms with Crippen LogP contribution in [0.15, 0.2) is 33.5 Å². The van der Waals surface area contributed by atoms with Gasteiger partial charge in [0.1, 0.15) is 5.69 Å². The molecular formula is C16H16BrN7O2. The van der Waals surface area contributed by atoms with Gasteiger partial charge in [-0.05, 0) is 46.9 Å². The highest BCUT2D eigenvalue weighted by molar-refractivity contribution is 9.10. The van der Waals surface area contributed by atoms with Crippen molar-refractivity contribution in [2.75, 3.05) is 18.8 Å². The summed E-state index contributed by atoms with van der Waals surface area (Å²) in [6, 6.07) is 7.19. The summed E-state index contributed by atoms with van der Waals surface area (Å²) in [5, 5.41) is 12.4. The molecule has 0 aliphatic carbocycles. The average molecular weight is 418 g/mol. The first kappa shape index (κ1) is 16.7. The largest absolute Gasteiger partial charge is 0.367 e. The standard InChI is InChI=1S/C16H16BrN7O2/c17-10-2-1-9-7-13(19-14(25)12(9)8-10)15(26)23-5-3-11(4-6-23)24-16(18)20-21-22-24/h1-2,7-8,11H,3-6H2,(H,19,25)(H2,18,20,22). The van der Waals surface area contributed by atoms with Gasteiger partial charge in [-0.2, -0.15) is 0 Å². The van der Waals surface area contributed by atoms with E-state index in [-0.39, 0.29) is 23.5 Å². The van der Waals surface area contributed by atoms with Crippen molar-refractivity contribution in [1.82, 2.24) is 30.1 Å². The summed E-state index contributed by atoms with van der Waals surface area (Å²) in [5.74, 6) is 0.0925. The minimum atomic E-state index is -0.275. The fourth-order valence-electron chi connectivity index (χ4n) is 3.29. The van der Waals surface area contributed by atoms with Crippen molar-refractivity contribution in [1.29, 1.82) is 0 Å². The number of carbonyl (C=O) groups is 1. The van der Waals surface area contributed by atoms with E-state index in [4.69, 9.17) is 5.73 Å². The molecule has 9 nitrogen and oxygen atoms in total. The molecule has 1 saturated heterocycles. The molecule has 3 aromatic rings. The topological polar surface area (TPSA) is 123 Å². The highest BCUT2D eigenvalue weighted by Crippen LogP contribution is 2.24. The molecule has 1 aliphatic heterocycles. The first-order valence-electron chi connectivity index (χ1n) is 8.18. The number of tetrazole rings is 1. The number of piperidine rings is 1. The summed E-state index contributed by atoms with van der Waals surface area (Å²) in [4.78, 5) is 29.5. The van der Waals surface area contributed by atoms with Crippen LogP contribution in [-0.4, -0.2) is 49.1 Å². The molecule has 1 fully saturated rings. The number of fused-ring (bicyclic) bond motifs is 1. The van der Waals surface area contributed by atoms with E-state index < -0.39 is 0 Å². The molecule has 134 valence electrons. The van der Waals surface area contributed by atoms with Gasteiger partial charge < -0.3 is 15.6 Å². The summed E-state index contributed by atoms with van der Waals surface area (Å²) < 4.78 is 2.41. The lowest BCUT2D eigenvalue weighted by atomic mass is 10.0. The van der Waals surface area contributed by atoms with Crippen LogP contribution in [0.4, 0.5) is 5.95 Å². The average Bonchev–Trinajstić information content (AvgIpc) is 3.07. The minimum absolute atomic E-state index is 0.0713. The summed E-state index contributed by atoms with van der Waals surface area (Å²) in [6.07, 6.45) is 1.40. The Bertz CT molecular complexity index is 1040. The van der Waals surface area contributed by atoms with Gasteiger partial charge in [-0.25, -0.2) is 4.68 Å². The third-order valence-corrected chi connectivity index (χ3v) is 5.15. The Labute approximate surface area is 156 Å². The van der Waals surface area contributed by atoms with Crippen molar-refractivity contribution in [2.45, 2.75) is 18.9 Å². The van der Waals surface area contributed by atoms with E-state index in [1.165, 1.54) is 0 Å². The number of anilines is 1. The number of amides is 1. The van der Waals surface area contributed by atoms with Gasteiger partial charge in [0.25, 0.3) is 11.5 Å². The SMILES string of the molecule is Nc1nnnn1C1CCN(C(=O)c2cc3ccc(Br)cc3c(=O)[nH]2)CC1. The van der Waals surface area contributed by atoms with Gasteiger partial charge >= 0.3 is 0 Å². The van der Waals surface area contributed by atoms with Gasteiger partial charge in [0.15, 0.2) is 0 Å². The zero-order valence-corrected chi connectivity index (χ0v) is 15.3. The molecule has 0 atom stereocenters. The van der Waals surface area contributed by atoms with Gasteiger partial charge in [0.2, 0.25) is 5.95 Å². The molecule has 3 N–H and O–H groups in total. The Morgan fingerprint density at radius 1 is 1.27 bits per heavy atom. The van der Waals surface area contributed by atoms with E-state index >= 15 is 0 Å². The molecule has 10 heteroatoms. The van der Waals surface area contributed by atoms with Crippen LogP contribution in [0.5, 0.6) is 0 Å². The maximum absolute atomic E-state index is 12.8. The Hall–Kier alpha value is -2.75. The third kappa shape index (κ3) is 2.96. The van der Waals surface area contributed by atoms with Crippen molar-refractivity contribution in [3.8, 4) is 0 Å². The van der Waals surface area contributed by atoms with E-state index in [2.05, 4.69) is 36.4 Å². The molecule has 0 radical (unpaired) electrons. The Kier molecular flexibility index (Phi) is 4.19. The molecule has 1 aliphatic rings. The number of nitrogens with one attached hydrogen (secondary N) is 1. The summed E-state index contributed by atoms with van der Waals surface area (Å²) in [5.41, 5.74) is 5.76. The highest BCUT2D eigenvalue weighted by Gasteiger charge is 2.27. The van der Waals surface area contributed by atoms with E-state index in [9.17, 15) is 9.59 Å². The molecule has 0 unspecified atom stereocenters. The molecular weight excluding hydrogens is 402 g/mol. The number of carbonyl (C=O) groups excluding carboxylic acids is 1. The lowest BCUT2D eigenvalue weighted by Crippen LogP contribution is -2.40. The molecule has 1 aromatic carbocycles. The predicted molar refractivity (Wildman–Crippen MR) is 98.7 cm³/mol. The summed E-state index contributed by atoms with van der Waals surface area (Å²) in [7, 11) is 0. The number of nitrogen functional groups attached to an aromatic ring is 1. The van der Waals surface area contributed by atoms with Gasteiger partial charge in [-0.15, -0.1) is 0 Å². The first-order chi connectivity index (χ1) is 12.5. The number of halogens is 1. The molecule has 3 heterocycles. The lowest BCUT2D eigenvalue weighted by molar-refractivity contribution is 0.0684. The summed E-state index contributed by atoms with van der Waals surface area (Å²) >= 11 is 3.35. The Balaban J connectivity index is 1.54. The van der Waals surface area contributed by atoms with Crippen LogP contribution < -0.4 is 11.3 Å². The molecule has 1 amide bonds. The van der Waals surface area contributed by atoms with Crippen molar-refractivity contribution >= 4 is 38.6 Å². The van der Waals surface area contributed by atoms with E-state index in [0.29, 0.717) is 37.0 Å². The Morgan fingerprint density at radius 3 is 2.73 bits per heavy atom. The maximum atomic E-state index is 12.8. The van der Waals surface area contributed by atoms with Gasteiger partial charge in [0, 0.05) is 22.9 Å². The van der Waals surface area contributed by atoms with Gasteiger partial charge in [-0.3, -0.25) is 9.59 Å². The number of H-pyrrole nitrogens is 1. The number of hydrogen-bond acceptors (Lipinski definition) is 6. The maximum Gasteiger partial charge on any atom is 0.270 e. The lowest BCUT2D eigenvalue weighted by Gasteiger charge is -2.31. The van der Waals surface area contributed by atoms with Crippen molar-refractivity contribution in [3.63, 3.8) is 0 Å². The molecule has 2 aromatic heterocycles. The molecule has 0 bridgehead atoms. The van der Waals surface area contributed by atoms with E-state index in [0.717, 1.165) is 9.86 Å². The van der Waals surface area contributed by atoms with Crippen LogP contribution in [0.1, 0.15) is 29.4 Å². The fraction of sp³-hybridized carbons (Fsp3) is 0.312. The molecule has 4 rings (SSSR count). The number of pyridine rings is 1. The second-order valence-electron chi connectivity index (χ2n) is 6.25. The number of nitrogens with zero attached hydrogens (tertiary/aromatic N) is 5. The Morgan fingerprint density at radius 2 is 2.04 bits per heavy atom. The first-order valence-corrected chi connectivity index (χ1v) is 8.97. The fourth-order valence-corrected chi connectivity index (χ4v) is 3.65. The normalized spacial score (nSPS) is 15.5. The number of aromatic amines is 1. The van der Waals surface area contributed by atoms with Gasteiger partial charge in [-0.1, -0.05) is 27.1 Å². The molecule has 0 spiro atoms.